The van der Waals surface area contributed by atoms with E-state index in [4.69, 9.17) is 4.52 Å². The highest BCUT2D eigenvalue weighted by atomic mass is 19.4. The second-order valence-electron chi connectivity index (χ2n) is 6.65. The van der Waals surface area contributed by atoms with E-state index in [-0.39, 0.29) is 23.6 Å². The minimum absolute atomic E-state index is 0.0342. The molecule has 0 amide bonds. The molecule has 3 aromatic heterocycles. The summed E-state index contributed by atoms with van der Waals surface area (Å²) in [7, 11) is 0. The molecule has 0 saturated carbocycles. The molecule has 4 rings (SSSR count). The molecular formula is C19H11F6N7O. The Balaban J connectivity index is 1.79. The summed E-state index contributed by atoms with van der Waals surface area (Å²) in [5, 5.41) is 7.80. The van der Waals surface area contributed by atoms with Crippen molar-refractivity contribution < 1.29 is 30.9 Å². The third-order valence-corrected chi connectivity index (χ3v) is 4.26. The number of hydrogen-bond acceptors (Lipinski definition) is 7. The van der Waals surface area contributed by atoms with E-state index in [2.05, 4.69) is 30.2 Å². The van der Waals surface area contributed by atoms with Gasteiger partial charge in [-0.1, -0.05) is 5.16 Å². The van der Waals surface area contributed by atoms with Crippen molar-refractivity contribution in [2.24, 2.45) is 0 Å². The molecule has 0 radical (unpaired) electrons. The molecule has 1 aromatic carbocycles. The zero-order valence-electron chi connectivity index (χ0n) is 16.4. The Morgan fingerprint density at radius 2 is 1.61 bits per heavy atom. The van der Waals surface area contributed by atoms with Crippen molar-refractivity contribution in [1.29, 1.82) is 0 Å². The van der Waals surface area contributed by atoms with Crippen LogP contribution in [-0.4, -0.2) is 34.9 Å². The zero-order valence-corrected chi connectivity index (χ0v) is 16.4. The van der Waals surface area contributed by atoms with Gasteiger partial charge in [0.15, 0.2) is 5.82 Å². The number of alkyl halides is 6. The summed E-state index contributed by atoms with van der Waals surface area (Å²) >= 11 is 0. The van der Waals surface area contributed by atoms with E-state index in [1.165, 1.54) is 24.9 Å². The highest BCUT2D eigenvalue weighted by molar-refractivity contribution is 5.83. The summed E-state index contributed by atoms with van der Waals surface area (Å²) in [4.78, 5) is 15.8. The number of nitrogens with zero attached hydrogens (tertiary/aromatic N) is 7. The van der Waals surface area contributed by atoms with Crippen molar-refractivity contribution in [3.8, 4) is 11.4 Å². The maximum Gasteiger partial charge on any atom is 0.416 e. The molecule has 170 valence electrons. The van der Waals surface area contributed by atoms with E-state index in [1.54, 1.807) is 6.92 Å². The molecule has 14 heteroatoms. The van der Waals surface area contributed by atoms with E-state index in [9.17, 15) is 26.3 Å². The lowest BCUT2D eigenvalue weighted by Gasteiger charge is -2.13. The van der Waals surface area contributed by atoms with E-state index in [0.29, 0.717) is 23.3 Å². The lowest BCUT2D eigenvalue weighted by atomic mass is 10.0. The number of aryl methyl sites for hydroxylation is 1. The van der Waals surface area contributed by atoms with Gasteiger partial charge in [0.25, 0.3) is 0 Å². The Kier molecular flexibility index (Phi) is 5.43. The van der Waals surface area contributed by atoms with E-state index >= 15 is 0 Å². The molecule has 33 heavy (non-hydrogen) atoms. The molecule has 3 heterocycles. The number of benzene rings is 1. The minimum atomic E-state index is -4.99. The van der Waals surface area contributed by atoms with Crippen molar-refractivity contribution in [3.63, 3.8) is 0 Å². The van der Waals surface area contributed by atoms with Crippen LogP contribution in [0.2, 0.25) is 0 Å². The quantitative estimate of drug-likeness (QED) is 0.408. The second-order valence-corrected chi connectivity index (χ2v) is 6.65. The van der Waals surface area contributed by atoms with Gasteiger partial charge in [0, 0.05) is 36.6 Å². The van der Waals surface area contributed by atoms with Crippen molar-refractivity contribution in [3.05, 3.63) is 71.7 Å². The van der Waals surface area contributed by atoms with Crippen LogP contribution in [0.15, 0.2) is 47.8 Å². The predicted molar refractivity (Wildman–Crippen MR) is 99.8 cm³/mol. The summed E-state index contributed by atoms with van der Waals surface area (Å²) in [6.45, 7) is 1.56. The molecule has 0 aliphatic heterocycles. The van der Waals surface area contributed by atoms with Crippen LogP contribution in [0, 0.1) is 6.92 Å². The molecule has 4 aromatic rings. The third kappa shape index (κ3) is 4.88. The first-order valence-corrected chi connectivity index (χ1v) is 8.99. The van der Waals surface area contributed by atoms with Gasteiger partial charge in [0.2, 0.25) is 11.7 Å². The molecule has 0 bridgehead atoms. The second kappa shape index (κ2) is 8.11. The Morgan fingerprint density at radius 3 is 2.15 bits per heavy atom. The van der Waals surface area contributed by atoms with E-state index in [1.807, 2.05) is 0 Å². The maximum absolute atomic E-state index is 13.1. The monoisotopic (exact) mass is 467 g/mol. The van der Waals surface area contributed by atoms with Gasteiger partial charge in [0.1, 0.15) is 12.7 Å². The van der Waals surface area contributed by atoms with Crippen molar-refractivity contribution in [2.75, 3.05) is 0 Å². The van der Waals surface area contributed by atoms with Gasteiger partial charge in [-0.2, -0.15) is 31.3 Å². The van der Waals surface area contributed by atoms with Crippen molar-refractivity contribution in [1.82, 2.24) is 34.9 Å². The van der Waals surface area contributed by atoms with Gasteiger partial charge in [-0.3, -0.25) is 0 Å². The Labute approximate surface area is 180 Å². The molecule has 0 unspecified atom stereocenters. The molecule has 0 spiro atoms. The van der Waals surface area contributed by atoms with Gasteiger partial charge in [0.05, 0.1) is 16.7 Å². The number of hydrogen-bond donors (Lipinski definition) is 0. The first kappa shape index (κ1) is 22.1. The average molecular weight is 467 g/mol. The molecular weight excluding hydrogens is 456 g/mol. The average Bonchev–Trinajstić information content (AvgIpc) is 3.40. The summed E-state index contributed by atoms with van der Waals surface area (Å²) in [6.07, 6.45) is -3.32. The molecule has 0 saturated heterocycles. The normalized spacial score (nSPS) is 12.9. The number of aromatic nitrogens is 7. The molecule has 0 aliphatic rings. The molecule has 8 nitrogen and oxygen atoms in total. The van der Waals surface area contributed by atoms with Crippen LogP contribution in [0.3, 0.4) is 0 Å². The van der Waals surface area contributed by atoms with E-state index in [0.717, 1.165) is 11.0 Å². The summed E-state index contributed by atoms with van der Waals surface area (Å²) < 4.78 is 85.0. The first-order valence-electron chi connectivity index (χ1n) is 8.99. The van der Waals surface area contributed by atoms with Crippen LogP contribution in [0.4, 0.5) is 26.3 Å². The van der Waals surface area contributed by atoms with Crippen molar-refractivity contribution >= 4 is 11.8 Å². The van der Waals surface area contributed by atoms with Gasteiger partial charge in [-0.05, 0) is 18.2 Å². The van der Waals surface area contributed by atoms with Gasteiger partial charge < -0.3 is 4.52 Å². The highest BCUT2D eigenvalue weighted by Crippen LogP contribution is 2.38. The summed E-state index contributed by atoms with van der Waals surface area (Å²) in [5.74, 6) is 0.0456. The minimum Gasteiger partial charge on any atom is -0.339 e. The van der Waals surface area contributed by atoms with Gasteiger partial charge in [-0.15, -0.1) is 5.10 Å². The van der Waals surface area contributed by atoms with Gasteiger partial charge >= 0.3 is 12.4 Å². The van der Waals surface area contributed by atoms with Crippen LogP contribution in [0.1, 0.15) is 28.4 Å². The molecule has 0 fully saturated rings. The summed E-state index contributed by atoms with van der Waals surface area (Å²) in [5.41, 5.74) is -2.62. The Morgan fingerprint density at radius 1 is 0.970 bits per heavy atom. The Hall–Kier alpha value is -4.10. The fourth-order valence-electron chi connectivity index (χ4n) is 2.79. The molecule has 0 aliphatic carbocycles. The van der Waals surface area contributed by atoms with Gasteiger partial charge in [-0.25, -0.2) is 19.6 Å². The lowest BCUT2D eigenvalue weighted by molar-refractivity contribution is -0.143. The largest absolute Gasteiger partial charge is 0.416 e. The maximum atomic E-state index is 13.1. The summed E-state index contributed by atoms with van der Waals surface area (Å²) in [6, 6.07) is 1.13. The van der Waals surface area contributed by atoms with Crippen LogP contribution >= 0.6 is 0 Å². The van der Waals surface area contributed by atoms with E-state index < -0.39 is 29.0 Å². The van der Waals surface area contributed by atoms with Crippen LogP contribution < -0.4 is 0 Å². The SMILES string of the molecule is Cc1nc(C(=Cn2cnc(-c3cc(C(F)(F)F)cc(C(F)(F)F)c3)n2)c2cncnc2)no1. The highest BCUT2D eigenvalue weighted by Gasteiger charge is 2.37. The molecule has 0 N–H and O–H groups in total. The first-order chi connectivity index (χ1) is 15.5. The van der Waals surface area contributed by atoms with Crippen LogP contribution in [-0.2, 0) is 12.4 Å². The van der Waals surface area contributed by atoms with Crippen LogP contribution in [0.25, 0.3) is 23.2 Å². The fourth-order valence-corrected chi connectivity index (χ4v) is 2.79. The Bertz CT molecular complexity index is 1280. The topological polar surface area (TPSA) is 95.4 Å². The lowest BCUT2D eigenvalue weighted by Crippen LogP contribution is -2.11. The predicted octanol–water partition coefficient (Wildman–Crippen LogP) is 4.51. The smallest absolute Gasteiger partial charge is 0.339 e. The van der Waals surface area contributed by atoms with Crippen LogP contribution in [0.5, 0.6) is 0 Å². The van der Waals surface area contributed by atoms with Crippen molar-refractivity contribution in [2.45, 2.75) is 19.3 Å². The standard InChI is InChI=1S/C19H11F6N7O/c1-10-29-17(31-33-10)15(12-5-26-8-27-6-12)7-32-9-28-16(30-32)11-2-13(18(20,21)22)4-14(3-11)19(23,24)25/h2-9H,1H3. The number of halogens is 6. The third-order valence-electron chi connectivity index (χ3n) is 4.26. The fraction of sp³-hybridized carbons (Fsp3) is 0.158. The number of rotatable bonds is 4. The zero-order chi connectivity index (χ0) is 23.8. The molecule has 0 atom stereocenters.